The molecule has 6 rings (SSSR count). The molecule has 0 amide bonds. The first-order chi connectivity index (χ1) is 26.0. The van der Waals surface area contributed by atoms with Gasteiger partial charge in [-0.1, -0.05) is 54.6 Å². The average molecular weight is 754 g/mol. The third kappa shape index (κ3) is 7.81. The highest BCUT2D eigenvalue weighted by Crippen LogP contribution is 2.42. The fourth-order valence-electron chi connectivity index (χ4n) is 6.66. The molecule has 5 aromatic rings. The summed E-state index contributed by atoms with van der Waals surface area (Å²) in [4.78, 5) is 49.4. The number of nitro groups is 1. The first-order valence-corrected chi connectivity index (χ1v) is 18.2. The molecule has 4 aromatic carbocycles. The number of methoxy groups -OCH3 is 2. The van der Waals surface area contributed by atoms with Crippen molar-refractivity contribution in [3.8, 4) is 11.5 Å². The minimum Gasteiger partial charge on any atom is -0.497 e. The number of hydrogen-bond donors (Lipinski definition) is 1. The van der Waals surface area contributed by atoms with Crippen LogP contribution in [-0.4, -0.2) is 57.8 Å². The Morgan fingerprint density at radius 1 is 0.926 bits per heavy atom. The van der Waals surface area contributed by atoms with Crippen LogP contribution in [0.4, 0.5) is 5.69 Å². The predicted molar refractivity (Wildman–Crippen MR) is 202 cm³/mol. The zero-order chi connectivity index (χ0) is 38.4. The van der Waals surface area contributed by atoms with Gasteiger partial charge in [0.05, 0.1) is 31.9 Å². The van der Waals surface area contributed by atoms with Crippen molar-refractivity contribution in [3.63, 3.8) is 0 Å². The largest absolute Gasteiger partial charge is 0.497 e. The van der Waals surface area contributed by atoms with Gasteiger partial charge in [-0.05, 0) is 72.9 Å². The summed E-state index contributed by atoms with van der Waals surface area (Å²) in [6.45, 7) is 1.83. The number of aryl methyl sites for hydroxylation is 1. The molecule has 14 heteroatoms. The lowest BCUT2D eigenvalue weighted by Gasteiger charge is -2.37. The van der Waals surface area contributed by atoms with E-state index in [4.69, 9.17) is 18.9 Å². The molecule has 0 bridgehead atoms. The van der Waals surface area contributed by atoms with Crippen molar-refractivity contribution >= 4 is 23.4 Å². The molecule has 1 saturated heterocycles. The Morgan fingerprint density at radius 3 is 2.11 bits per heavy atom. The Hall–Kier alpha value is -5.70. The van der Waals surface area contributed by atoms with Crippen molar-refractivity contribution in [1.29, 1.82) is 0 Å². The zero-order valence-corrected chi connectivity index (χ0v) is 30.7. The molecule has 0 aliphatic carbocycles. The quantitative estimate of drug-likeness (QED) is 0.0544. The number of nitrogens with zero attached hydrogens (tertiary/aromatic N) is 3. The molecule has 2 atom stereocenters. The van der Waals surface area contributed by atoms with Gasteiger partial charge in [0.2, 0.25) is 0 Å². The Morgan fingerprint density at radius 2 is 1.54 bits per heavy atom. The van der Waals surface area contributed by atoms with E-state index in [-0.39, 0.29) is 25.0 Å². The van der Waals surface area contributed by atoms with Gasteiger partial charge in [-0.15, -0.1) is 11.8 Å². The molecule has 1 fully saturated rings. The molecule has 280 valence electrons. The van der Waals surface area contributed by atoms with Crippen molar-refractivity contribution in [1.82, 2.24) is 9.13 Å². The number of benzene rings is 4. The molecule has 2 heterocycles. The van der Waals surface area contributed by atoms with Gasteiger partial charge >= 0.3 is 11.7 Å². The molecule has 0 saturated carbocycles. The van der Waals surface area contributed by atoms with Crippen LogP contribution in [0.2, 0.25) is 0 Å². The Balaban J connectivity index is 1.23. The summed E-state index contributed by atoms with van der Waals surface area (Å²) in [5.41, 5.74) is 0.0159. The fraction of sp³-hybridized carbons (Fsp3) is 0.275. The van der Waals surface area contributed by atoms with Crippen molar-refractivity contribution < 1.29 is 33.8 Å². The second-order valence-corrected chi connectivity index (χ2v) is 13.8. The van der Waals surface area contributed by atoms with Gasteiger partial charge in [-0.3, -0.25) is 24.0 Å². The van der Waals surface area contributed by atoms with Crippen LogP contribution in [0.15, 0.2) is 118 Å². The van der Waals surface area contributed by atoms with E-state index in [1.807, 2.05) is 78.9 Å². The van der Waals surface area contributed by atoms with Crippen LogP contribution >= 0.6 is 11.8 Å². The molecule has 0 spiro atoms. The number of aromatic nitrogens is 2. The molecule has 1 aliphatic heterocycles. The molecule has 1 N–H and O–H groups in total. The SMILES string of the molecule is COc1ccc(C(OCC2CCC(n3cc(C)c(=O)n(CCSc4ccc([N+](=O)[O-])c(C(=O)O)c4)c3=O)O2)(c2ccccc2)c2ccc(OC)cc2)cc1. The van der Waals surface area contributed by atoms with E-state index >= 15 is 0 Å². The van der Waals surface area contributed by atoms with Gasteiger partial charge in [-0.25, -0.2) is 9.59 Å². The van der Waals surface area contributed by atoms with Crippen LogP contribution in [0.3, 0.4) is 0 Å². The van der Waals surface area contributed by atoms with Crippen LogP contribution in [0.5, 0.6) is 11.5 Å². The summed E-state index contributed by atoms with van der Waals surface area (Å²) in [6.07, 6.45) is 1.58. The van der Waals surface area contributed by atoms with E-state index in [1.54, 1.807) is 21.1 Å². The first-order valence-electron chi connectivity index (χ1n) is 17.2. The Labute approximate surface area is 314 Å². The van der Waals surface area contributed by atoms with Gasteiger partial charge in [0.1, 0.15) is 28.9 Å². The van der Waals surface area contributed by atoms with Crippen molar-refractivity contribution in [3.05, 3.63) is 162 Å². The van der Waals surface area contributed by atoms with E-state index in [0.717, 1.165) is 27.3 Å². The van der Waals surface area contributed by atoms with E-state index in [0.29, 0.717) is 34.8 Å². The predicted octanol–water partition coefficient (Wildman–Crippen LogP) is 6.42. The molecule has 1 aliphatic rings. The molecule has 0 radical (unpaired) electrons. The van der Waals surface area contributed by atoms with E-state index in [1.165, 1.54) is 34.7 Å². The van der Waals surface area contributed by atoms with Crippen LogP contribution in [0.1, 0.15) is 51.7 Å². The number of ether oxygens (including phenoxy) is 4. The van der Waals surface area contributed by atoms with Crippen LogP contribution in [0, 0.1) is 17.0 Å². The second-order valence-electron chi connectivity index (χ2n) is 12.7. The Kier molecular flexibility index (Phi) is 11.6. The summed E-state index contributed by atoms with van der Waals surface area (Å²) in [5.74, 6) is 0.221. The van der Waals surface area contributed by atoms with Gasteiger partial charge in [-0.2, -0.15) is 0 Å². The molecular formula is C40H39N3O10S. The summed E-state index contributed by atoms with van der Waals surface area (Å²) in [7, 11) is 3.23. The lowest BCUT2D eigenvalue weighted by atomic mass is 9.80. The number of thioether (sulfide) groups is 1. The van der Waals surface area contributed by atoms with Gasteiger partial charge in [0.25, 0.3) is 11.2 Å². The number of carbonyl (C=O) groups is 1. The highest BCUT2D eigenvalue weighted by atomic mass is 32.2. The number of nitro benzene ring substituents is 1. The van der Waals surface area contributed by atoms with E-state index < -0.39 is 45.2 Å². The maximum atomic E-state index is 13.8. The second kappa shape index (κ2) is 16.5. The first kappa shape index (κ1) is 38.0. The topological polar surface area (TPSA) is 161 Å². The number of aromatic carboxylic acids is 1. The number of hydrogen-bond acceptors (Lipinski definition) is 10. The van der Waals surface area contributed by atoms with E-state index in [2.05, 4.69) is 0 Å². The molecule has 2 unspecified atom stereocenters. The standard InChI is InChI=1S/C40H39N3O10S/c1-26-24-42(39(47)41(37(26)44)21-22-54-33-18-19-35(43(48)49)34(23-33)38(45)46)36-20-17-32(53-36)25-52-40(27-7-5-4-6-8-27,28-9-13-30(50-2)14-10-28)29-11-15-31(51-3)16-12-29/h4-16,18-19,23-24,32,36H,17,20-22,25H2,1-3H3,(H,45,46). The highest BCUT2D eigenvalue weighted by molar-refractivity contribution is 7.99. The number of carboxylic acid groups (broad SMARTS) is 1. The van der Waals surface area contributed by atoms with Gasteiger partial charge < -0.3 is 24.1 Å². The summed E-state index contributed by atoms with van der Waals surface area (Å²) in [6, 6.07) is 29.2. The van der Waals surface area contributed by atoms with Gasteiger partial charge in [0.15, 0.2) is 0 Å². The van der Waals surface area contributed by atoms with Crippen molar-refractivity contribution in [2.45, 2.75) is 49.1 Å². The minimum absolute atomic E-state index is 0.0198. The number of rotatable bonds is 15. The molecule has 1 aromatic heterocycles. The Bertz CT molecular complexity index is 2190. The third-order valence-electron chi connectivity index (χ3n) is 9.40. The smallest absolute Gasteiger partial charge is 0.342 e. The van der Waals surface area contributed by atoms with Crippen LogP contribution < -0.4 is 20.7 Å². The molecule has 13 nitrogen and oxygen atoms in total. The highest BCUT2D eigenvalue weighted by Gasteiger charge is 2.40. The summed E-state index contributed by atoms with van der Waals surface area (Å²) < 4.78 is 26.9. The van der Waals surface area contributed by atoms with Crippen molar-refractivity contribution in [2.75, 3.05) is 26.6 Å². The lowest BCUT2D eigenvalue weighted by Crippen LogP contribution is -2.42. The minimum atomic E-state index is -1.42. The average Bonchev–Trinajstić information content (AvgIpc) is 3.67. The van der Waals surface area contributed by atoms with Gasteiger partial charge in [0, 0.05) is 35.0 Å². The molecule has 54 heavy (non-hydrogen) atoms. The van der Waals surface area contributed by atoms with Crippen molar-refractivity contribution in [2.24, 2.45) is 0 Å². The zero-order valence-electron chi connectivity index (χ0n) is 29.9. The van der Waals surface area contributed by atoms with Crippen LogP contribution in [-0.2, 0) is 21.6 Å². The lowest BCUT2D eigenvalue weighted by molar-refractivity contribution is -0.385. The fourth-order valence-corrected chi connectivity index (χ4v) is 7.53. The summed E-state index contributed by atoms with van der Waals surface area (Å²) >= 11 is 1.18. The molecular weight excluding hydrogens is 715 g/mol. The summed E-state index contributed by atoms with van der Waals surface area (Å²) in [5, 5.41) is 20.7. The number of carboxylic acids is 1. The maximum Gasteiger partial charge on any atom is 0.342 e. The normalized spacial score (nSPS) is 15.5. The maximum absolute atomic E-state index is 13.8. The van der Waals surface area contributed by atoms with E-state index in [9.17, 15) is 29.6 Å². The third-order valence-corrected chi connectivity index (χ3v) is 10.4. The van der Waals surface area contributed by atoms with Crippen LogP contribution in [0.25, 0.3) is 0 Å². The monoisotopic (exact) mass is 753 g/mol.